The number of halogens is 1. The second-order valence-corrected chi connectivity index (χ2v) is 5.76. The van der Waals surface area contributed by atoms with Crippen molar-refractivity contribution in [2.24, 2.45) is 5.73 Å². The molecule has 0 spiro atoms. The van der Waals surface area contributed by atoms with Gasteiger partial charge in [0.1, 0.15) is 5.01 Å². The molecule has 0 aliphatic rings. The molecule has 0 amide bonds. The van der Waals surface area contributed by atoms with Crippen LogP contribution < -0.4 is 5.73 Å². The van der Waals surface area contributed by atoms with E-state index in [0.717, 1.165) is 33.6 Å². The molecular formula is C13H15BrN2S. The predicted octanol–water partition coefficient (Wildman–Crippen LogP) is 3.98. The van der Waals surface area contributed by atoms with Crippen LogP contribution in [0.5, 0.6) is 0 Å². The van der Waals surface area contributed by atoms with Crippen LogP contribution >= 0.6 is 27.3 Å². The van der Waals surface area contributed by atoms with Gasteiger partial charge in [-0.05, 0) is 12.5 Å². The van der Waals surface area contributed by atoms with E-state index in [2.05, 4.69) is 28.9 Å². The van der Waals surface area contributed by atoms with Crippen LogP contribution in [0.2, 0.25) is 0 Å². The van der Waals surface area contributed by atoms with Crippen molar-refractivity contribution in [2.75, 3.05) is 0 Å². The lowest BCUT2D eigenvalue weighted by atomic mass is 10.2. The predicted molar refractivity (Wildman–Crippen MR) is 77.1 cm³/mol. The zero-order valence-electron chi connectivity index (χ0n) is 9.74. The van der Waals surface area contributed by atoms with Crippen LogP contribution in [0.1, 0.15) is 23.9 Å². The Morgan fingerprint density at radius 2 is 2.12 bits per heavy atom. The van der Waals surface area contributed by atoms with E-state index in [1.54, 1.807) is 11.3 Å². The molecule has 0 atom stereocenters. The van der Waals surface area contributed by atoms with Gasteiger partial charge in [0, 0.05) is 21.5 Å². The summed E-state index contributed by atoms with van der Waals surface area (Å²) in [5, 5.41) is 1.06. The fourth-order valence-electron chi connectivity index (χ4n) is 1.72. The highest BCUT2D eigenvalue weighted by atomic mass is 79.9. The number of aryl methyl sites for hydroxylation is 1. The highest BCUT2D eigenvalue weighted by Gasteiger charge is 2.12. The van der Waals surface area contributed by atoms with Crippen molar-refractivity contribution >= 4 is 27.3 Å². The first-order valence-corrected chi connectivity index (χ1v) is 7.30. The molecule has 0 unspecified atom stereocenters. The summed E-state index contributed by atoms with van der Waals surface area (Å²) in [7, 11) is 0. The van der Waals surface area contributed by atoms with Crippen molar-refractivity contribution in [1.82, 2.24) is 4.98 Å². The summed E-state index contributed by atoms with van der Waals surface area (Å²) in [6.45, 7) is 2.75. The Hall–Kier alpha value is -0.710. The number of hydrogen-bond acceptors (Lipinski definition) is 3. The minimum atomic E-state index is 0.581. The van der Waals surface area contributed by atoms with Gasteiger partial charge in [-0.25, -0.2) is 4.98 Å². The molecule has 2 aromatic rings. The molecule has 0 aliphatic heterocycles. The number of benzene rings is 1. The maximum atomic E-state index is 5.77. The van der Waals surface area contributed by atoms with Gasteiger partial charge >= 0.3 is 0 Å². The molecule has 2 rings (SSSR count). The van der Waals surface area contributed by atoms with Crippen molar-refractivity contribution in [3.8, 4) is 10.6 Å². The topological polar surface area (TPSA) is 38.9 Å². The lowest BCUT2D eigenvalue weighted by Crippen LogP contribution is -1.97. The summed E-state index contributed by atoms with van der Waals surface area (Å²) in [6.07, 6.45) is 2.11. The fourth-order valence-corrected chi connectivity index (χ4v) is 3.35. The minimum absolute atomic E-state index is 0.581. The van der Waals surface area contributed by atoms with E-state index in [-0.39, 0.29) is 0 Å². The second kappa shape index (κ2) is 5.76. The van der Waals surface area contributed by atoms with E-state index in [9.17, 15) is 0 Å². The normalized spacial score (nSPS) is 10.8. The van der Waals surface area contributed by atoms with Gasteiger partial charge in [0.25, 0.3) is 0 Å². The molecular weight excluding hydrogens is 296 g/mol. The Bertz CT molecular complexity index is 508. The summed E-state index contributed by atoms with van der Waals surface area (Å²) in [6, 6.07) is 8.17. The van der Waals surface area contributed by atoms with Gasteiger partial charge < -0.3 is 5.73 Å². The Morgan fingerprint density at radius 1 is 1.35 bits per heavy atom. The first kappa shape index (κ1) is 12.7. The molecule has 0 bridgehead atoms. The molecule has 0 saturated heterocycles. The van der Waals surface area contributed by atoms with Gasteiger partial charge in [0.05, 0.1) is 5.69 Å². The van der Waals surface area contributed by atoms with Crippen molar-refractivity contribution in [2.45, 2.75) is 26.3 Å². The van der Waals surface area contributed by atoms with Crippen LogP contribution in [0.15, 0.2) is 28.7 Å². The molecule has 0 fully saturated rings. The van der Waals surface area contributed by atoms with Gasteiger partial charge in [0.15, 0.2) is 0 Å². The van der Waals surface area contributed by atoms with E-state index >= 15 is 0 Å². The molecule has 1 aromatic heterocycles. The van der Waals surface area contributed by atoms with Crippen molar-refractivity contribution in [1.29, 1.82) is 0 Å². The maximum Gasteiger partial charge on any atom is 0.125 e. The number of thiazole rings is 1. The fraction of sp³-hybridized carbons (Fsp3) is 0.308. The third-order valence-electron chi connectivity index (χ3n) is 2.55. The average Bonchev–Trinajstić information content (AvgIpc) is 2.73. The monoisotopic (exact) mass is 310 g/mol. The van der Waals surface area contributed by atoms with Gasteiger partial charge in [-0.1, -0.05) is 47.5 Å². The summed E-state index contributed by atoms with van der Waals surface area (Å²) in [5.41, 5.74) is 8.07. The lowest BCUT2D eigenvalue weighted by Gasteiger charge is -1.98. The average molecular weight is 311 g/mol. The Morgan fingerprint density at radius 3 is 2.76 bits per heavy atom. The van der Waals surface area contributed by atoms with Crippen LogP contribution in [0.25, 0.3) is 10.6 Å². The van der Waals surface area contributed by atoms with Crippen molar-refractivity contribution in [3.63, 3.8) is 0 Å². The highest BCUT2D eigenvalue weighted by molar-refractivity contribution is 9.10. The van der Waals surface area contributed by atoms with Crippen LogP contribution in [0.4, 0.5) is 0 Å². The minimum Gasteiger partial charge on any atom is -0.326 e. The van der Waals surface area contributed by atoms with Gasteiger partial charge in [-0.3, -0.25) is 0 Å². The van der Waals surface area contributed by atoms with E-state index in [1.165, 1.54) is 4.88 Å². The molecule has 2 nitrogen and oxygen atoms in total. The van der Waals surface area contributed by atoms with E-state index < -0.39 is 0 Å². The number of hydrogen-bond donors (Lipinski definition) is 1. The standard InChI is InChI=1S/C13H15BrN2S/c1-2-5-11-12(8-15)17-13(16-11)9-6-3-4-7-10(9)14/h3-4,6-7H,2,5,8,15H2,1H3. The summed E-state index contributed by atoms with van der Waals surface area (Å²) < 4.78 is 1.08. The van der Waals surface area contributed by atoms with E-state index in [1.807, 2.05) is 18.2 Å². The van der Waals surface area contributed by atoms with Gasteiger partial charge in [-0.15, -0.1) is 11.3 Å². The molecule has 0 aliphatic carbocycles. The van der Waals surface area contributed by atoms with E-state index in [4.69, 9.17) is 10.7 Å². The smallest absolute Gasteiger partial charge is 0.125 e. The molecule has 1 heterocycles. The quantitative estimate of drug-likeness (QED) is 0.927. The maximum absolute atomic E-state index is 5.77. The third-order valence-corrected chi connectivity index (χ3v) is 4.40. The highest BCUT2D eigenvalue weighted by Crippen LogP contribution is 2.33. The molecule has 0 radical (unpaired) electrons. The van der Waals surface area contributed by atoms with Crippen LogP contribution in [0.3, 0.4) is 0 Å². The second-order valence-electron chi connectivity index (χ2n) is 3.82. The molecule has 1 aromatic carbocycles. The van der Waals surface area contributed by atoms with E-state index in [0.29, 0.717) is 6.54 Å². The number of nitrogens with two attached hydrogens (primary N) is 1. The zero-order valence-corrected chi connectivity index (χ0v) is 12.1. The molecule has 2 N–H and O–H groups in total. The van der Waals surface area contributed by atoms with Crippen molar-refractivity contribution in [3.05, 3.63) is 39.3 Å². The van der Waals surface area contributed by atoms with Crippen LogP contribution in [-0.2, 0) is 13.0 Å². The zero-order chi connectivity index (χ0) is 12.3. The Kier molecular flexibility index (Phi) is 4.31. The SMILES string of the molecule is CCCc1nc(-c2ccccc2Br)sc1CN. The first-order valence-electron chi connectivity index (χ1n) is 5.69. The van der Waals surface area contributed by atoms with Gasteiger partial charge in [0.2, 0.25) is 0 Å². The van der Waals surface area contributed by atoms with Gasteiger partial charge in [-0.2, -0.15) is 0 Å². The number of nitrogens with zero attached hydrogens (tertiary/aromatic N) is 1. The Labute approximate surface area is 114 Å². The largest absolute Gasteiger partial charge is 0.326 e. The molecule has 4 heteroatoms. The molecule has 90 valence electrons. The number of rotatable bonds is 4. The summed E-state index contributed by atoms with van der Waals surface area (Å²) in [5.74, 6) is 0. The van der Waals surface area contributed by atoms with Crippen LogP contribution in [0, 0.1) is 0 Å². The number of aromatic nitrogens is 1. The summed E-state index contributed by atoms with van der Waals surface area (Å²) in [4.78, 5) is 5.92. The molecule has 0 saturated carbocycles. The van der Waals surface area contributed by atoms with Crippen LogP contribution in [-0.4, -0.2) is 4.98 Å². The molecule has 17 heavy (non-hydrogen) atoms. The first-order chi connectivity index (χ1) is 8.26. The summed E-state index contributed by atoms with van der Waals surface area (Å²) >= 11 is 5.26. The lowest BCUT2D eigenvalue weighted by molar-refractivity contribution is 0.872. The Balaban J connectivity index is 2.43. The third kappa shape index (κ3) is 2.76. The van der Waals surface area contributed by atoms with Crippen molar-refractivity contribution < 1.29 is 0 Å².